The number of hydrogen-bond donors (Lipinski definition) is 6. The molecule has 37 nitrogen and oxygen atoms in total. The van der Waals surface area contributed by atoms with Crippen LogP contribution in [0.5, 0.6) is 5.75 Å². The Morgan fingerprint density at radius 3 is 1.06 bits per heavy atom. The average Bonchev–Trinajstić information content (AvgIpc) is 1.62. The van der Waals surface area contributed by atoms with Crippen molar-refractivity contribution in [2.45, 2.75) is 118 Å². The molecule has 4 amide bonds. The van der Waals surface area contributed by atoms with Crippen molar-refractivity contribution in [3.05, 3.63) is 228 Å². The van der Waals surface area contributed by atoms with Gasteiger partial charge < -0.3 is 61.1 Å². The summed E-state index contributed by atoms with van der Waals surface area (Å²) in [7, 11) is -3.15. The van der Waals surface area contributed by atoms with Crippen LogP contribution in [0.1, 0.15) is 115 Å². The van der Waals surface area contributed by atoms with Crippen LogP contribution in [0.25, 0.3) is 83.9 Å². The third-order valence-corrected chi connectivity index (χ3v) is 24.7. The molecule has 3 fully saturated rings. The number of rotatable bonds is 24. The van der Waals surface area contributed by atoms with Gasteiger partial charge in [-0.2, -0.15) is 19.6 Å². The molecule has 0 saturated carbocycles. The predicted molar refractivity (Wildman–Crippen MR) is 514 cm³/mol. The van der Waals surface area contributed by atoms with Crippen molar-refractivity contribution in [1.82, 2.24) is 98.6 Å². The summed E-state index contributed by atoms with van der Waals surface area (Å²) in [6.07, 6.45) is 5.85. The Morgan fingerprint density at radius 1 is 0.415 bits per heavy atom. The molecule has 0 radical (unpaired) electrons. The van der Waals surface area contributed by atoms with Crippen LogP contribution in [0.2, 0.25) is 0 Å². The Hall–Kier alpha value is -14.6. The summed E-state index contributed by atoms with van der Waals surface area (Å²) in [5, 5.41) is 37.5. The molecular formula is C97H110N26O11S. The molecule has 3 aliphatic heterocycles. The third-order valence-electron chi connectivity index (χ3n) is 23.4. The second kappa shape index (κ2) is 40.1. The van der Waals surface area contributed by atoms with Crippen molar-refractivity contribution in [2.24, 2.45) is 0 Å². The molecule has 6 aromatic carbocycles. The number of piperazine rings is 2. The number of anilines is 6. The molecule has 0 atom stereocenters. The van der Waals surface area contributed by atoms with Gasteiger partial charge in [-0.3, -0.25) is 33.9 Å². The minimum Gasteiger partial charge on any atom is -0.492 e. The lowest BCUT2D eigenvalue weighted by Crippen LogP contribution is -2.49. The molecule has 38 heteroatoms. The molecule has 12 heterocycles. The number of carbonyl (C=O) groups is 4. The van der Waals surface area contributed by atoms with Crippen LogP contribution in [0, 0.1) is 0 Å². The summed E-state index contributed by atoms with van der Waals surface area (Å²) in [5.74, 6) is 3.49. The van der Waals surface area contributed by atoms with Crippen molar-refractivity contribution in [2.75, 3.05) is 131 Å². The normalized spacial score (nSPS) is 14.4. The van der Waals surface area contributed by atoms with Crippen molar-refractivity contribution in [3.8, 4) is 56.6 Å². The van der Waals surface area contributed by atoms with E-state index >= 15 is 0 Å². The summed E-state index contributed by atoms with van der Waals surface area (Å²) in [6.45, 7) is 31.7. The van der Waals surface area contributed by atoms with Gasteiger partial charge in [0.15, 0.2) is 16.9 Å². The molecule has 3 aliphatic rings. The number of fused-ring (bicyclic) bond motifs is 3. The van der Waals surface area contributed by atoms with Gasteiger partial charge in [0.05, 0.1) is 89.0 Å². The van der Waals surface area contributed by atoms with Crippen LogP contribution in [0.3, 0.4) is 0 Å². The van der Waals surface area contributed by atoms with Crippen molar-refractivity contribution < 1.29 is 50.6 Å². The monoisotopic (exact) mass is 1850 g/mol. The van der Waals surface area contributed by atoms with Crippen LogP contribution in [0.4, 0.5) is 34.5 Å². The molecule has 0 spiro atoms. The first-order chi connectivity index (χ1) is 64.6. The number of nitrogens with two attached hydrogens (primary N) is 3. The van der Waals surface area contributed by atoms with Gasteiger partial charge in [-0.25, -0.2) is 52.4 Å². The molecule has 9 aromatic heterocycles. The van der Waals surface area contributed by atoms with Crippen LogP contribution in [-0.2, 0) is 82.5 Å². The van der Waals surface area contributed by atoms with E-state index in [4.69, 9.17) is 55.5 Å². The molecule has 0 aliphatic carbocycles. The summed E-state index contributed by atoms with van der Waals surface area (Å²) in [4.78, 5) is 84.6. The maximum atomic E-state index is 12.7. The number of morpholine rings is 1. The van der Waals surface area contributed by atoms with Crippen molar-refractivity contribution >= 4 is 101 Å². The maximum Gasteiger partial charge on any atom is 0.230 e. The largest absolute Gasteiger partial charge is 0.492 e. The van der Waals surface area contributed by atoms with E-state index in [0.29, 0.717) is 147 Å². The summed E-state index contributed by atoms with van der Waals surface area (Å²) in [5.41, 5.74) is 33.2. The van der Waals surface area contributed by atoms with E-state index in [9.17, 15) is 27.6 Å². The second-order valence-corrected chi connectivity index (χ2v) is 38.7. The molecular weight excluding hydrogens is 1740 g/mol. The predicted octanol–water partition coefficient (Wildman–Crippen LogP) is 12.0. The van der Waals surface area contributed by atoms with Crippen molar-refractivity contribution in [1.29, 1.82) is 0 Å². The fraction of sp³-hybridized carbons (Fsp3) is 0.340. The van der Waals surface area contributed by atoms with Gasteiger partial charge in [0.25, 0.3) is 0 Å². The molecule has 0 bridgehead atoms. The minimum atomic E-state index is -3.15. The van der Waals surface area contributed by atoms with Crippen LogP contribution in [0.15, 0.2) is 196 Å². The Labute approximate surface area is 780 Å². The summed E-state index contributed by atoms with van der Waals surface area (Å²) < 4.78 is 57.8. The lowest BCUT2D eigenvalue weighted by atomic mass is 9.93. The number of sulfonamides is 1. The van der Waals surface area contributed by atoms with Gasteiger partial charge in [-0.15, -0.1) is 0 Å². The van der Waals surface area contributed by atoms with Crippen LogP contribution < -0.4 is 37.9 Å². The number of nitrogens with one attached hydrogen (secondary N) is 3. The van der Waals surface area contributed by atoms with E-state index in [1.54, 1.807) is 33.1 Å². The minimum absolute atomic E-state index is 0.0963. The Bertz CT molecular complexity index is 6830. The Kier molecular flexibility index (Phi) is 27.8. The highest BCUT2D eigenvalue weighted by atomic mass is 32.2. The van der Waals surface area contributed by atoms with E-state index in [1.807, 2.05) is 182 Å². The fourth-order valence-electron chi connectivity index (χ4n) is 15.8. The number of aromatic nitrogens is 15. The Morgan fingerprint density at radius 2 is 0.741 bits per heavy atom. The van der Waals surface area contributed by atoms with Gasteiger partial charge in [0.2, 0.25) is 33.7 Å². The topological polar surface area (TPSA) is 460 Å². The first-order valence-electron chi connectivity index (χ1n) is 44.6. The van der Waals surface area contributed by atoms with E-state index < -0.39 is 10.0 Å². The third kappa shape index (κ3) is 22.9. The quantitative estimate of drug-likeness (QED) is 0.0327. The highest BCUT2D eigenvalue weighted by molar-refractivity contribution is 7.88. The zero-order valence-electron chi connectivity index (χ0n) is 77.3. The number of benzene rings is 6. The SMILES string of the molecule is CC(=O)N1CCN(Cc2ccc(-c3nn(-c4ccc(NC(=O)Cc5cc(C(C)(C)C)on5)cc4)c4ncnc(N)c34)cc2)CC1.CC(C)(C)c1cc(CC(=O)Nc2ccc(-n3nc(-c4ccc(CN5CCOCC5)cc4)c4c(N)ncnc43)cc2)no1.CC(C)(C)c1cc(CC(=O)Nc2ccc(-n3nc(-c4ccc(OCCN5CCN(S(C)(=O)=O)CC5)cc4)c4c(N)ncnc43)cc2)no1. The second-order valence-electron chi connectivity index (χ2n) is 36.7. The number of ether oxygens (including phenoxy) is 2. The maximum absolute atomic E-state index is 12.7. The van der Waals surface area contributed by atoms with E-state index in [1.165, 1.54) is 40.7 Å². The lowest BCUT2D eigenvalue weighted by molar-refractivity contribution is -0.130. The molecule has 3 saturated heterocycles. The van der Waals surface area contributed by atoms with Gasteiger partial charge in [-0.05, 0) is 108 Å². The number of carbonyl (C=O) groups excluding carboxylic acids is 4. The van der Waals surface area contributed by atoms with Gasteiger partial charge >= 0.3 is 0 Å². The average molecular weight is 1850 g/mol. The van der Waals surface area contributed by atoms with E-state index in [0.717, 1.165) is 117 Å². The van der Waals surface area contributed by atoms with Crippen LogP contribution >= 0.6 is 0 Å². The fourth-order valence-corrected chi connectivity index (χ4v) is 16.6. The van der Waals surface area contributed by atoms with E-state index in [2.05, 4.69) is 112 Å². The molecule has 0 unspecified atom stereocenters. The highest BCUT2D eigenvalue weighted by Crippen LogP contribution is 2.38. The molecule has 9 N–H and O–H groups in total. The zero-order valence-corrected chi connectivity index (χ0v) is 78.1. The molecule has 15 aromatic rings. The number of hydrogen-bond acceptors (Lipinski definition) is 29. The highest BCUT2D eigenvalue weighted by Gasteiger charge is 2.30. The van der Waals surface area contributed by atoms with Crippen molar-refractivity contribution in [3.63, 3.8) is 0 Å². The van der Waals surface area contributed by atoms with Gasteiger partial charge in [-0.1, -0.05) is 126 Å². The number of amides is 4. The molecule has 700 valence electrons. The number of nitrogens with zero attached hydrogens (tertiary/aromatic N) is 20. The lowest BCUT2D eigenvalue weighted by Gasteiger charge is -2.34. The first-order valence-corrected chi connectivity index (χ1v) is 46.4. The standard InChI is InChI=1S/C33H39N9O5S.C33H37N9O3.C31H34N8O3/c1-33(2,3)27-19-24(39-47-27)20-28(43)37-23-7-9-25(10-8-23)42-32-29(31(34)35-21-36-32)30(38-42)22-5-11-26(12-6-22)46-18-17-40-13-15-41(16-14-40)48(4,44)45;1-21(43)41-15-13-40(14-16-41)19-22-5-7-23(8-6-22)30-29-31(34)35-20-36-32(29)42(38-30)26-11-9-24(10-12-26)37-28(44)18-25-17-27(45-39-25)33(2,3)4;1-31(2,3)25-16-23(37-42-25)17-26(40)35-22-8-10-24(11-9-22)39-30-27(29(32)33-19-34-30)28(36-39)21-6-4-20(5-7-21)18-38-12-14-41-15-13-38/h5-12,19,21H,13-18,20H2,1-4H3,(H,37,43)(H2,34,35,36);5-12,17,20H,13-16,18-19H2,1-4H3,(H,37,44)(H2,34,35,36);4-11,16,19H,12-15,17-18H2,1-3H3,(H,35,40)(H2,32,33,34). The Balaban J connectivity index is 0.000000147. The van der Waals surface area contributed by atoms with Gasteiger partial charge in [0.1, 0.15) is 83.2 Å². The van der Waals surface area contributed by atoms with Gasteiger partial charge in [0, 0.05) is 160 Å². The first kappa shape index (κ1) is 93.7. The van der Waals surface area contributed by atoms with Crippen LogP contribution in [-0.4, -0.2) is 229 Å². The molecule has 18 rings (SSSR count). The zero-order chi connectivity index (χ0) is 95.0. The van der Waals surface area contributed by atoms with E-state index in [-0.39, 0.29) is 59.1 Å². The smallest absolute Gasteiger partial charge is 0.230 e. The summed E-state index contributed by atoms with van der Waals surface area (Å²) in [6, 6.07) is 51.7. The molecule has 135 heavy (non-hydrogen) atoms. The number of nitrogen functional groups attached to an aromatic ring is 3. The summed E-state index contributed by atoms with van der Waals surface area (Å²) >= 11 is 0.